The van der Waals surface area contributed by atoms with E-state index in [1.54, 1.807) is 30.3 Å². The quantitative estimate of drug-likeness (QED) is 0.743. The Morgan fingerprint density at radius 2 is 1.78 bits per heavy atom. The lowest BCUT2D eigenvalue weighted by molar-refractivity contribution is -0.146. The van der Waals surface area contributed by atoms with E-state index in [9.17, 15) is 13.8 Å². The summed E-state index contributed by atoms with van der Waals surface area (Å²) in [6.07, 6.45) is -0.273. The van der Waals surface area contributed by atoms with Gasteiger partial charge in [-0.1, -0.05) is 18.2 Å². The van der Waals surface area contributed by atoms with Gasteiger partial charge >= 0.3 is 11.9 Å². The normalized spacial score (nSPS) is 13.4. The largest absolute Gasteiger partial charge is 0.469 e. The molecule has 0 aromatic heterocycles. The fraction of sp³-hybridized carbons (Fsp3) is 0.333. The van der Waals surface area contributed by atoms with Crippen LogP contribution in [0.25, 0.3) is 0 Å². The molecule has 0 N–H and O–H groups in total. The van der Waals surface area contributed by atoms with Crippen molar-refractivity contribution in [3.8, 4) is 0 Å². The number of ether oxygens (including phenoxy) is 2. The number of carbonyl (C=O) groups excluding carboxylic acids is 2. The Hall–Kier alpha value is -1.69. The maximum atomic E-state index is 12.2. The molecule has 0 spiro atoms. The summed E-state index contributed by atoms with van der Waals surface area (Å²) in [6, 6.07) is 8.44. The lowest BCUT2D eigenvalue weighted by atomic mass is 10.3. The minimum Gasteiger partial charge on any atom is -0.469 e. The van der Waals surface area contributed by atoms with Gasteiger partial charge in [0.25, 0.3) is 0 Å². The van der Waals surface area contributed by atoms with E-state index in [1.165, 1.54) is 14.2 Å². The molecule has 18 heavy (non-hydrogen) atoms. The second kappa shape index (κ2) is 6.90. The molecule has 0 aliphatic rings. The van der Waals surface area contributed by atoms with Crippen LogP contribution in [0.2, 0.25) is 0 Å². The SMILES string of the molecule is COC(=O)CC(C(=O)OC)S(=O)c1ccccc1. The van der Waals surface area contributed by atoms with Crippen LogP contribution in [0.15, 0.2) is 35.2 Å². The standard InChI is InChI=1S/C12H14O5S/c1-16-11(13)8-10(12(14)17-2)18(15)9-6-4-3-5-7-9/h3-7,10H,8H2,1-2H3. The molecule has 2 unspecified atom stereocenters. The van der Waals surface area contributed by atoms with Crippen molar-refractivity contribution in [1.29, 1.82) is 0 Å². The number of hydrogen-bond acceptors (Lipinski definition) is 5. The number of rotatable bonds is 5. The molecule has 1 rings (SSSR count). The third-order valence-corrected chi connectivity index (χ3v) is 3.89. The number of carbonyl (C=O) groups is 2. The summed E-state index contributed by atoms with van der Waals surface area (Å²) < 4.78 is 21.2. The van der Waals surface area contributed by atoms with Crippen LogP contribution in [-0.4, -0.2) is 35.6 Å². The fourth-order valence-corrected chi connectivity index (χ4v) is 2.64. The van der Waals surface area contributed by atoms with Gasteiger partial charge in [-0.2, -0.15) is 0 Å². The van der Waals surface area contributed by atoms with Crippen molar-refractivity contribution in [1.82, 2.24) is 0 Å². The lowest BCUT2D eigenvalue weighted by Gasteiger charge is -2.13. The van der Waals surface area contributed by atoms with E-state index in [0.29, 0.717) is 4.90 Å². The molecule has 6 heteroatoms. The zero-order valence-corrected chi connectivity index (χ0v) is 10.9. The summed E-state index contributed by atoms with van der Waals surface area (Å²) in [4.78, 5) is 23.2. The van der Waals surface area contributed by atoms with Crippen LogP contribution in [-0.2, 0) is 29.9 Å². The van der Waals surface area contributed by atoms with Gasteiger partial charge in [0.1, 0.15) is 5.25 Å². The minimum absolute atomic E-state index is 0.273. The highest BCUT2D eigenvalue weighted by Crippen LogP contribution is 2.15. The van der Waals surface area contributed by atoms with Gasteiger partial charge in [0, 0.05) is 4.90 Å². The molecule has 2 atom stereocenters. The molecule has 0 aliphatic heterocycles. The van der Waals surface area contributed by atoms with E-state index < -0.39 is 28.0 Å². The summed E-state index contributed by atoms with van der Waals surface area (Å²) in [7, 11) is 0.751. The Balaban J connectivity index is 2.93. The average Bonchev–Trinajstić information content (AvgIpc) is 2.43. The van der Waals surface area contributed by atoms with Crippen LogP contribution < -0.4 is 0 Å². The summed E-state index contributed by atoms with van der Waals surface area (Å²) in [6.45, 7) is 0. The second-order valence-electron chi connectivity index (χ2n) is 3.40. The monoisotopic (exact) mass is 270 g/mol. The van der Waals surface area contributed by atoms with Crippen molar-refractivity contribution in [2.24, 2.45) is 0 Å². The third-order valence-electron chi connectivity index (χ3n) is 2.28. The van der Waals surface area contributed by atoms with Crippen LogP contribution in [0.5, 0.6) is 0 Å². The first kappa shape index (κ1) is 14.4. The first-order valence-electron chi connectivity index (χ1n) is 5.20. The minimum atomic E-state index is -1.65. The second-order valence-corrected chi connectivity index (χ2v) is 5.04. The van der Waals surface area contributed by atoms with Crippen molar-refractivity contribution >= 4 is 22.7 Å². The molecule has 1 aromatic rings. The van der Waals surface area contributed by atoms with Crippen molar-refractivity contribution in [3.05, 3.63) is 30.3 Å². The molecule has 98 valence electrons. The first-order valence-corrected chi connectivity index (χ1v) is 6.41. The van der Waals surface area contributed by atoms with Gasteiger partial charge in [-0.05, 0) is 12.1 Å². The zero-order chi connectivity index (χ0) is 13.5. The lowest BCUT2D eigenvalue weighted by Crippen LogP contribution is -2.30. The van der Waals surface area contributed by atoms with E-state index >= 15 is 0 Å². The van der Waals surface area contributed by atoms with Crippen LogP contribution in [0.1, 0.15) is 6.42 Å². The molecule has 0 bridgehead atoms. The van der Waals surface area contributed by atoms with Gasteiger partial charge in [-0.3, -0.25) is 13.8 Å². The molecule has 0 amide bonds. The van der Waals surface area contributed by atoms with Gasteiger partial charge in [-0.25, -0.2) is 0 Å². The van der Waals surface area contributed by atoms with E-state index in [2.05, 4.69) is 9.47 Å². The van der Waals surface area contributed by atoms with Crippen molar-refractivity contribution in [3.63, 3.8) is 0 Å². The highest BCUT2D eigenvalue weighted by Gasteiger charge is 2.30. The van der Waals surface area contributed by atoms with Crippen LogP contribution >= 0.6 is 0 Å². The number of esters is 2. The Kier molecular flexibility index (Phi) is 5.51. The number of methoxy groups -OCH3 is 2. The maximum absolute atomic E-state index is 12.2. The predicted octanol–water partition coefficient (Wildman–Crippen LogP) is 0.899. The first-order chi connectivity index (χ1) is 8.60. The Bertz CT molecular complexity index is 443. The Morgan fingerprint density at radius 1 is 1.17 bits per heavy atom. The zero-order valence-electron chi connectivity index (χ0n) is 10.1. The van der Waals surface area contributed by atoms with Crippen molar-refractivity contribution in [2.45, 2.75) is 16.6 Å². The topological polar surface area (TPSA) is 69.7 Å². The summed E-state index contributed by atoms with van der Waals surface area (Å²) in [5.41, 5.74) is 0. The molecule has 0 heterocycles. The highest BCUT2D eigenvalue weighted by molar-refractivity contribution is 7.86. The molecule has 0 saturated heterocycles. The van der Waals surface area contributed by atoms with E-state index in [4.69, 9.17) is 0 Å². The van der Waals surface area contributed by atoms with Crippen LogP contribution in [0.4, 0.5) is 0 Å². The van der Waals surface area contributed by atoms with Gasteiger partial charge in [0.05, 0.1) is 31.4 Å². The predicted molar refractivity (Wildman–Crippen MR) is 65.3 cm³/mol. The van der Waals surface area contributed by atoms with Crippen LogP contribution in [0.3, 0.4) is 0 Å². The summed E-state index contributed by atoms with van der Waals surface area (Å²) in [5, 5.41) is -1.05. The third kappa shape index (κ3) is 3.66. The molecule has 0 radical (unpaired) electrons. The molecule has 0 aliphatic carbocycles. The van der Waals surface area contributed by atoms with Crippen LogP contribution in [0, 0.1) is 0 Å². The molecule has 5 nitrogen and oxygen atoms in total. The maximum Gasteiger partial charge on any atom is 0.322 e. The fourth-order valence-electron chi connectivity index (χ4n) is 1.33. The molecule has 0 saturated carbocycles. The number of benzene rings is 1. The van der Waals surface area contributed by atoms with Gasteiger partial charge in [0.2, 0.25) is 0 Å². The van der Waals surface area contributed by atoms with E-state index in [1.807, 2.05) is 0 Å². The smallest absolute Gasteiger partial charge is 0.322 e. The van der Waals surface area contributed by atoms with Crippen molar-refractivity contribution < 1.29 is 23.3 Å². The molecule has 0 fully saturated rings. The van der Waals surface area contributed by atoms with E-state index in [-0.39, 0.29) is 6.42 Å². The number of hydrogen-bond donors (Lipinski definition) is 0. The van der Waals surface area contributed by atoms with Gasteiger partial charge in [-0.15, -0.1) is 0 Å². The molecular formula is C12H14O5S. The summed E-state index contributed by atoms with van der Waals surface area (Å²) in [5.74, 6) is -1.29. The Labute approximate surface area is 108 Å². The van der Waals surface area contributed by atoms with Gasteiger partial charge in [0.15, 0.2) is 0 Å². The van der Waals surface area contributed by atoms with Gasteiger partial charge < -0.3 is 9.47 Å². The average molecular weight is 270 g/mol. The molecule has 1 aromatic carbocycles. The molecular weight excluding hydrogens is 256 g/mol. The highest BCUT2D eigenvalue weighted by atomic mass is 32.2. The Morgan fingerprint density at radius 3 is 2.28 bits per heavy atom. The summed E-state index contributed by atoms with van der Waals surface area (Å²) >= 11 is 0. The van der Waals surface area contributed by atoms with E-state index in [0.717, 1.165) is 0 Å². The van der Waals surface area contributed by atoms with Crippen molar-refractivity contribution in [2.75, 3.05) is 14.2 Å².